The van der Waals surface area contributed by atoms with Crippen molar-refractivity contribution in [2.75, 3.05) is 39.4 Å². The van der Waals surface area contributed by atoms with Gasteiger partial charge >= 0.3 is 0 Å². The van der Waals surface area contributed by atoms with Crippen LogP contribution in [-0.2, 0) is 11.3 Å². The second kappa shape index (κ2) is 8.19. The summed E-state index contributed by atoms with van der Waals surface area (Å²) in [5.41, 5.74) is 2.29. The molecule has 134 valence electrons. The van der Waals surface area contributed by atoms with Crippen molar-refractivity contribution in [3.05, 3.63) is 41.2 Å². The van der Waals surface area contributed by atoms with Gasteiger partial charge in [0, 0.05) is 26.2 Å². The van der Waals surface area contributed by atoms with Gasteiger partial charge in [-0.1, -0.05) is 17.7 Å². The Morgan fingerprint density at radius 2 is 1.96 bits per heavy atom. The van der Waals surface area contributed by atoms with Gasteiger partial charge in [-0.2, -0.15) is 4.80 Å². The molecular formula is C17H23N5O3. The maximum Gasteiger partial charge on any atom is 0.273 e. The van der Waals surface area contributed by atoms with E-state index in [1.165, 1.54) is 4.80 Å². The molecule has 1 aliphatic heterocycles. The summed E-state index contributed by atoms with van der Waals surface area (Å²) in [4.78, 5) is 16.0. The van der Waals surface area contributed by atoms with Crippen LogP contribution >= 0.6 is 0 Å². The van der Waals surface area contributed by atoms with Crippen molar-refractivity contribution >= 4 is 5.91 Å². The summed E-state index contributed by atoms with van der Waals surface area (Å²) in [6.45, 7) is 6.14. The predicted octanol–water partition coefficient (Wildman–Crippen LogP) is 0.130. The Morgan fingerprint density at radius 3 is 2.64 bits per heavy atom. The van der Waals surface area contributed by atoms with Crippen molar-refractivity contribution in [3.8, 4) is 5.69 Å². The summed E-state index contributed by atoms with van der Waals surface area (Å²) in [7, 11) is 0. The fourth-order valence-corrected chi connectivity index (χ4v) is 2.65. The van der Waals surface area contributed by atoms with E-state index in [-0.39, 0.29) is 23.9 Å². The number of aliphatic hydroxyl groups is 1. The van der Waals surface area contributed by atoms with Gasteiger partial charge in [0.2, 0.25) is 0 Å². The summed E-state index contributed by atoms with van der Waals surface area (Å²) in [6.07, 6.45) is 0. The number of aliphatic hydroxyl groups excluding tert-OH is 1. The molecule has 3 rings (SSSR count). The predicted molar refractivity (Wildman–Crippen MR) is 91.6 cm³/mol. The Bertz CT molecular complexity index is 708. The standard InChI is InChI=1S/C17H23N5O3/c1-13-2-4-14(5-3-13)22-19-15(12-23)16(20-22)17(24)18-6-7-21-8-10-25-11-9-21/h2-5,23H,6-12H2,1H3,(H,18,24). The topological polar surface area (TPSA) is 92.5 Å². The zero-order chi connectivity index (χ0) is 17.6. The number of nitrogens with one attached hydrogen (secondary N) is 1. The number of nitrogens with zero attached hydrogens (tertiary/aromatic N) is 4. The van der Waals surface area contributed by atoms with Gasteiger partial charge in [0.1, 0.15) is 5.69 Å². The van der Waals surface area contributed by atoms with E-state index < -0.39 is 0 Å². The largest absolute Gasteiger partial charge is 0.390 e. The first-order valence-electron chi connectivity index (χ1n) is 8.40. The average molecular weight is 345 g/mol. The lowest BCUT2D eigenvalue weighted by atomic mass is 10.2. The van der Waals surface area contributed by atoms with E-state index in [4.69, 9.17) is 4.74 Å². The number of benzene rings is 1. The first kappa shape index (κ1) is 17.5. The summed E-state index contributed by atoms with van der Waals surface area (Å²) < 4.78 is 5.30. The second-order valence-corrected chi connectivity index (χ2v) is 5.99. The molecule has 2 heterocycles. The number of morpholine rings is 1. The van der Waals surface area contributed by atoms with Crippen LogP contribution in [0.15, 0.2) is 24.3 Å². The molecule has 1 saturated heterocycles. The molecule has 2 N–H and O–H groups in total. The molecule has 25 heavy (non-hydrogen) atoms. The number of carbonyl (C=O) groups is 1. The van der Waals surface area contributed by atoms with E-state index in [1.54, 1.807) is 0 Å². The molecule has 0 spiro atoms. The lowest BCUT2D eigenvalue weighted by molar-refractivity contribution is 0.0383. The Labute approximate surface area is 146 Å². The molecule has 8 nitrogen and oxygen atoms in total. The number of ether oxygens (including phenoxy) is 1. The van der Waals surface area contributed by atoms with E-state index in [0.717, 1.165) is 44.1 Å². The average Bonchev–Trinajstić information content (AvgIpc) is 3.07. The molecule has 0 unspecified atom stereocenters. The summed E-state index contributed by atoms with van der Waals surface area (Å²) in [6, 6.07) is 7.63. The van der Waals surface area contributed by atoms with E-state index in [2.05, 4.69) is 20.4 Å². The van der Waals surface area contributed by atoms with Gasteiger partial charge in [-0.05, 0) is 19.1 Å². The first-order valence-corrected chi connectivity index (χ1v) is 8.40. The third-order valence-electron chi connectivity index (χ3n) is 4.13. The van der Waals surface area contributed by atoms with Crippen LogP contribution in [0, 0.1) is 6.92 Å². The van der Waals surface area contributed by atoms with Gasteiger partial charge in [0.15, 0.2) is 5.69 Å². The van der Waals surface area contributed by atoms with E-state index in [0.29, 0.717) is 6.54 Å². The van der Waals surface area contributed by atoms with Crippen LogP contribution in [0.1, 0.15) is 21.7 Å². The third kappa shape index (κ3) is 4.41. The summed E-state index contributed by atoms with van der Waals surface area (Å²) in [5.74, 6) is -0.323. The first-order chi connectivity index (χ1) is 12.2. The highest BCUT2D eigenvalue weighted by atomic mass is 16.5. The zero-order valence-corrected chi connectivity index (χ0v) is 14.3. The highest BCUT2D eigenvalue weighted by molar-refractivity contribution is 5.93. The SMILES string of the molecule is Cc1ccc(-n2nc(CO)c(C(=O)NCCN3CCOCC3)n2)cc1. The summed E-state index contributed by atoms with van der Waals surface area (Å²) >= 11 is 0. The molecule has 1 amide bonds. The second-order valence-electron chi connectivity index (χ2n) is 5.99. The van der Waals surface area contributed by atoms with Gasteiger partial charge in [0.25, 0.3) is 5.91 Å². The van der Waals surface area contributed by atoms with Gasteiger partial charge in [0.05, 0.1) is 25.5 Å². The highest BCUT2D eigenvalue weighted by Gasteiger charge is 2.19. The lowest BCUT2D eigenvalue weighted by Gasteiger charge is -2.26. The normalized spacial score (nSPS) is 15.3. The van der Waals surface area contributed by atoms with Crippen LogP contribution in [0.2, 0.25) is 0 Å². The molecule has 0 saturated carbocycles. The van der Waals surface area contributed by atoms with Gasteiger partial charge < -0.3 is 15.2 Å². The summed E-state index contributed by atoms with van der Waals surface area (Å²) in [5, 5.41) is 20.8. The van der Waals surface area contributed by atoms with Crippen molar-refractivity contribution in [1.29, 1.82) is 0 Å². The molecule has 1 aromatic heterocycles. The molecule has 2 aromatic rings. The smallest absolute Gasteiger partial charge is 0.273 e. The molecule has 1 aromatic carbocycles. The molecule has 0 bridgehead atoms. The van der Waals surface area contributed by atoms with Crippen LogP contribution in [0.5, 0.6) is 0 Å². The van der Waals surface area contributed by atoms with Crippen molar-refractivity contribution in [3.63, 3.8) is 0 Å². The number of amides is 1. The van der Waals surface area contributed by atoms with E-state index in [1.807, 2.05) is 31.2 Å². The number of aryl methyl sites for hydroxylation is 1. The maximum absolute atomic E-state index is 12.4. The molecule has 8 heteroatoms. The lowest BCUT2D eigenvalue weighted by Crippen LogP contribution is -2.41. The number of hydrogen-bond acceptors (Lipinski definition) is 6. The minimum Gasteiger partial charge on any atom is -0.390 e. The van der Waals surface area contributed by atoms with Crippen LogP contribution in [-0.4, -0.2) is 70.3 Å². The number of rotatable bonds is 6. The van der Waals surface area contributed by atoms with Crippen LogP contribution in [0.25, 0.3) is 5.69 Å². The molecule has 1 aliphatic rings. The molecule has 1 fully saturated rings. The van der Waals surface area contributed by atoms with Gasteiger partial charge in [-0.25, -0.2) is 0 Å². The fourth-order valence-electron chi connectivity index (χ4n) is 2.65. The quantitative estimate of drug-likeness (QED) is 0.773. The maximum atomic E-state index is 12.4. The Kier molecular flexibility index (Phi) is 5.75. The van der Waals surface area contributed by atoms with Crippen LogP contribution < -0.4 is 5.32 Å². The number of hydrogen-bond donors (Lipinski definition) is 2. The van der Waals surface area contributed by atoms with E-state index >= 15 is 0 Å². The molecular weight excluding hydrogens is 322 g/mol. The van der Waals surface area contributed by atoms with Crippen molar-refractivity contribution in [1.82, 2.24) is 25.2 Å². The van der Waals surface area contributed by atoms with Gasteiger partial charge in [-0.15, -0.1) is 10.2 Å². The van der Waals surface area contributed by atoms with Crippen LogP contribution in [0.4, 0.5) is 0 Å². The Hall–Kier alpha value is -2.29. The van der Waals surface area contributed by atoms with Crippen molar-refractivity contribution in [2.45, 2.75) is 13.5 Å². The van der Waals surface area contributed by atoms with Gasteiger partial charge in [-0.3, -0.25) is 9.69 Å². The molecule has 0 aliphatic carbocycles. The number of carbonyl (C=O) groups excluding carboxylic acids is 1. The Balaban J connectivity index is 1.64. The Morgan fingerprint density at radius 1 is 1.24 bits per heavy atom. The van der Waals surface area contributed by atoms with Crippen LogP contribution in [0.3, 0.4) is 0 Å². The highest BCUT2D eigenvalue weighted by Crippen LogP contribution is 2.10. The molecule has 0 radical (unpaired) electrons. The third-order valence-corrected chi connectivity index (χ3v) is 4.13. The zero-order valence-electron chi connectivity index (χ0n) is 14.3. The minimum atomic E-state index is -0.335. The van der Waals surface area contributed by atoms with Crippen molar-refractivity contribution < 1.29 is 14.6 Å². The van der Waals surface area contributed by atoms with E-state index in [9.17, 15) is 9.90 Å². The monoisotopic (exact) mass is 345 g/mol. The fraction of sp³-hybridized carbons (Fsp3) is 0.471. The molecule has 0 atom stereocenters. The number of aromatic nitrogens is 3. The minimum absolute atomic E-state index is 0.157. The van der Waals surface area contributed by atoms with Crippen molar-refractivity contribution in [2.24, 2.45) is 0 Å².